The van der Waals surface area contributed by atoms with Gasteiger partial charge in [0.1, 0.15) is 0 Å². The molecule has 0 radical (unpaired) electrons. The van der Waals surface area contributed by atoms with E-state index in [0.717, 1.165) is 61.5 Å². The maximum Gasteiger partial charge on any atom is 0.173 e. The fourth-order valence-corrected chi connectivity index (χ4v) is 3.90. The predicted octanol–water partition coefficient (Wildman–Crippen LogP) is 2.20. The lowest BCUT2D eigenvalue weighted by Gasteiger charge is -2.31. The highest BCUT2D eigenvalue weighted by Crippen LogP contribution is 2.34. The van der Waals surface area contributed by atoms with Crippen molar-refractivity contribution in [2.75, 3.05) is 45.1 Å². The monoisotopic (exact) mass is 328 g/mol. The molecule has 1 aromatic carbocycles. The van der Waals surface area contributed by atoms with Crippen molar-refractivity contribution in [3.05, 3.63) is 47.0 Å². The van der Waals surface area contributed by atoms with E-state index in [4.69, 9.17) is 15.5 Å². The first-order valence-electron chi connectivity index (χ1n) is 7.88. The number of ether oxygens (including phenoxy) is 1. The maximum absolute atomic E-state index is 6.08. The van der Waals surface area contributed by atoms with E-state index in [2.05, 4.69) is 21.3 Å². The number of aliphatic imine (C=N–C) groups is 1. The highest BCUT2D eigenvalue weighted by molar-refractivity contribution is 8.16. The van der Waals surface area contributed by atoms with Crippen LogP contribution in [0.15, 0.2) is 46.4 Å². The SMILES string of the molecule is Nc1ccccc1C1=CCN2C(CN3CCOCC3)=CSC2=N1. The smallest absolute Gasteiger partial charge is 0.173 e. The van der Waals surface area contributed by atoms with Gasteiger partial charge in [-0.05, 0) is 17.6 Å². The van der Waals surface area contributed by atoms with Gasteiger partial charge in [0, 0.05) is 43.1 Å². The average molecular weight is 328 g/mol. The Hall–Kier alpha value is -1.76. The summed E-state index contributed by atoms with van der Waals surface area (Å²) in [5, 5.41) is 3.27. The minimum Gasteiger partial charge on any atom is -0.398 e. The number of nitrogens with zero attached hydrogens (tertiary/aromatic N) is 3. The van der Waals surface area contributed by atoms with Crippen LogP contribution >= 0.6 is 11.8 Å². The van der Waals surface area contributed by atoms with E-state index in [1.54, 1.807) is 11.8 Å². The van der Waals surface area contributed by atoms with Gasteiger partial charge >= 0.3 is 0 Å². The van der Waals surface area contributed by atoms with Gasteiger partial charge in [0.2, 0.25) is 0 Å². The summed E-state index contributed by atoms with van der Waals surface area (Å²) in [6.07, 6.45) is 2.16. The molecule has 0 spiro atoms. The third kappa shape index (κ3) is 3.02. The van der Waals surface area contributed by atoms with Crippen LogP contribution in [-0.2, 0) is 4.74 Å². The highest BCUT2D eigenvalue weighted by Gasteiger charge is 2.27. The molecule has 0 amide bonds. The molecule has 1 aromatic rings. The molecule has 120 valence electrons. The molecule has 3 aliphatic rings. The molecule has 0 aromatic heterocycles. The second-order valence-electron chi connectivity index (χ2n) is 5.80. The molecular formula is C17H20N4OS. The number of anilines is 1. The van der Waals surface area contributed by atoms with Gasteiger partial charge in [0.05, 0.1) is 18.9 Å². The summed E-state index contributed by atoms with van der Waals surface area (Å²) in [4.78, 5) is 9.54. The van der Waals surface area contributed by atoms with Crippen molar-refractivity contribution in [3.63, 3.8) is 0 Å². The summed E-state index contributed by atoms with van der Waals surface area (Å²) >= 11 is 1.70. The number of hydrogen-bond donors (Lipinski definition) is 1. The summed E-state index contributed by atoms with van der Waals surface area (Å²) in [5.74, 6) is 0. The van der Waals surface area contributed by atoms with Gasteiger partial charge in [-0.1, -0.05) is 30.0 Å². The van der Waals surface area contributed by atoms with E-state index in [1.807, 2.05) is 24.3 Å². The van der Waals surface area contributed by atoms with Gasteiger partial charge in [0.15, 0.2) is 5.17 Å². The number of hydrogen-bond acceptors (Lipinski definition) is 6. The lowest BCUT2D eigenvalue weighted by molar-refractivity contribution is 0.0405. The summed E-state index contributed by atoms with van der Waals surface area (Å²) in [6, 6.07) is 7.91. The predicted molar refractivity (Wildman–Crippen MR) is 95.9 cm³/mol. The zero-order valence-electron chi connectivity index (χ0n) is 12.9. The number of benzene rings is 1. The molecule has 0 bridgehead atoms. The molecule has 3 aliphatic heterocycles. The van der Waals surface area contributed by atoms with E-state index >= 15 is 0 Å². The van der Waals surface area contributed by atoms with Crippen molar-refractivity contribution in [1.29, 1.82) is 0 Å². The first kappa shape index (κ1) is 14.8. The summed E-state index contributed by atoms with van der Waals surface area (Å²) in [5.41, 5.74) is 10.2. The first-order chi connectivity index (χ1) is 11.3. The van der Waals surface area contributed by atoms with Crippen LogP contribution in [0.3, 0.4) is 0 Å². The number of para-hydroxylation sites is 1. The van der Waals surface area contributed by atoms with E-state index in [-0.39, 0.29) is 0 Å². The van der Waals surface area contributed by atoms with E-state index in [9.17, 15) is 0 Å². The zero-order chi connectivity index (χ0) is 15.6. The number of rotatable bonds is 3. The van der Waals surface area contributed by atoms with Gasteiger partial charge < -0.3 is 15.4 Å². The Labute approximate surface area is 140 Å². The van der Waals surface area contributed by atoms with Crippen molar-refractivity contribution in [2.24, 2.45) is 4.99 Å². The summed E-state index contributed by atoms with van der Waals surface area (Å²) in [7, 11) is 0. The second-order valence-corrected chi connectivity index (χ2v) is 6.63. The van der Waals surface area contributed by atoms with Crippen LogP contribution in [0.25, 0.3) is 5.70 Å². The quantitative estimate of drug-likeness (QED) is 0.862. The van der Waals surface area contributed by atoms with Crippen LogP contribution < -0.4 is 5.73 Å². The van der Waals surface area contributed by atoms with Crippen LogP contribution in [0.5, 0.6) is 0 Å². The lowest BCUT2D eigenvalue weighted by atomic mass is 10.1. The summed E-state index contributed by atoms with van der Waals surface area (Å²) < 4.78 is 5.42. The third-order valence-electron chi connectivity index (χ3n) is 4.29. The second kappa shape index (κ2) is 6.39. The zero-order valence-corrected chi connectivity index (χ0v) is 13.8. The van der Waals surface area contributed by atoms with Crippen LogP contribution in [-0.4, -0.2) is 54.4 Å². The molecule has 0 unspecified atom stereocenters. The topological polar surface area (TPSA) is 54.1 Å². The van der Waals surface area contributed by atoms with Gasteiger partial charge in [-0.3, -0.25) is 4.90 Å². The van der Waals surface area contributed by atoms with Crippen molar-refractivity contribution >= 4 is 28.3 Å². The molecule has 0 atom stereocenters. The molecule has 5 nitrogen and oxygen atoms in total. The number of nitrogen functional groups attached to an aromatic ring is 1. The molecule has 0 aliphatic carbocycles. The number of thioether (sulfide) groups is 1. The van der Waals surface area contributed by atoms with Crippen LogP contribution in [0.4, 0.5) is 5.69 Å². The molecule has 23 heavy (non-hydrogen) atoms. The van der Waals surface area contributed by atoms with Crippen LogP contribution in [0.2, 0.25) is 0 Å². The molecule has 2 N–H and O–H groups in total. The van der Waals surface area contributed by atoms with E-state index in [0.29, 0.717) is 0 Å². The Morgan fingerprint density at radius 3 is 2.87 bits per heavy atom. The van der Waals surface area contributed by atoms with Crippen molar-refractivity contribution in [1.82, 2.24) is 9.80 Å². The molecule has 1 fully saturated rings. The van der Waals surface area contributed by atoms with Crippen LogP contribution in [0.1, 0.15) is 5.56 Å². The Morgan fingerprint density at radius 2 is 2.04 bits per heavy atom. The number of morpholine rings is 1. The van der Waals surface area contributed by atoms with Crippen molar-refractivity contribution in [3.8, 4) is 0 Å². The highest BCUT2D eigenvalue weighted by atomic mass is 32.2. The third-order valence-corrected chi connectivity index (χ3v) is 5.20. The Balaban J connectivity index is 1.48. The molecule has 0 saturated carbocycles. The molecular weight excluding hydrogens is 308 g/mol. The van der Waals surface area contributed by atoms with Crippen LogP contribution in [0, 0.1) is 0 Å². The standard InChI is InChI=1S/C17H20N4OS/c18-15-4-2-1-3-14(15)16-5-6-21-13(12-23-17(21)19-16)11-20-7-9-22-10-8-20/h1-5,12H,6-11,18H2. The molecule has 6 heteroatoms. The Morgan fingerprint density at radius 1 is 1.22 bits per heavy atom. The number of nitrogens with two attached hydrogens (primary N) is 1. The maximum atomic E-state index is 6.08. The Kier molecular flexibility index (Phi) is 4.11. The van der Waals surface area contributed by atoms with Gasteiger partial charge in [-0.25, -0.2) is 4.99 Å². The largest absolute Gasteiger partial charge is 0.398 e. The van der Waals surface area contributed by atoms with Crippen molar-refractivity contribution < 1.29 is 4.74 Å². The van der Waals surface area contributed by atoms with Gasteiger partial charge in [-0.2, -0.15) is 0 Å². The molecule has 1 saturated heterocycles. The molecule has 4 rings (SSSR count). The normalized spacial score (nSPS) is 21.6. The minimum atomic E-state index is 0.779. The fourth-order valence-electron chi connectivity index (χ4n) is 2.99. The summed E-state index contributed by atoms with van der Waals surface area (Å²) in [6.45, 7) is 5.49. The average Bonchev–Trinajstić information content (AvgIpc) is 2.98. The van der Waals surface area contributed by atoms with Gasteiger partial charge in [0.25, 0.3) is 0 Å². The molecule has 3 heterocycles. The van der Waals surface area contributed by atoms with E-state index in [1.165, 1.54) is 5.70 Å². The lowest BCUT2D eigenvalue weighted by Crippen LogP contribution is -2.40. The Bertz CT molecular complexity index is 692. The number of fused-ring (bicyclic) bond motifs is 1. The van der Waals surface area contributed by atoms with Crippen molar-refractivity contribution in [2.45, 2.75) is 0 Å². The minimum absolute atomic E-state index is 0.779. The van der Waals surface area contributed by atoms with Gasteiger partial charge in [-0.15, -0.1) is 0 Å². The number of amidine groups is 1. The first-order valence-corrected chi connectivity index (χ1v) is 8.76. The fraction of sp³-hybridized carbons (Fsp3) is 0.353. The van der Waals surface area contributed by atoms with E-state index < -0.39 is 0 Å².